The molecule has 0 spiro atoms. The minimum Gasteiger partial charge on any atom is -0.455 e. The summed E-state index contributed by atoms with van der Waals surface area (Å²) in [6, 6.07) is 0. The standard InChI is InChI=1S/C35H64O7/c1-3-4-5-6-7-12-15-18-21-31(37)32(38)26-33(39)34-23-22-30(42-34)20-17-14-11-9-8-10-13-16-19-29(36)25-28-24-27(2)41-35(28)40/h24,27,29-34,36-39H,3-23,25-26H2,1-2H3/t27-,29+,30+,31-,32-,33-,34-/m0/s1. The van der Waals surface area contributed by atoms with Crippen molar-refractivity contribution in [3.8, 4) is 0 Å². The Labute approximate surface area is 256 Å². The summed E-state index contributed by atoms with van der Waals surface area (Å²) in [5, 5.41) is 41.5. The summed E-state index contributed by atoms with van der Waals surface area (Å²) >= 11 is 0. The number of rotatable bonds is 26. The van der Waals surface area contributed by atoms with E-state index in [1.807, 2.05) is 13.0 Å². The first-order chi connectivity index (χ1) is 20.3. The van der Waals surface area contributed by atoms with Crippen molar-refractivity contribution in [1.29, 1.82) is 0 Å². The summed E-state index contributed by atoms with van der Waals surface area (Å²) in [7, 11) is 0. The SMILES string of the molecule is CCCCCCCCCC[C@H](O)[C@@H](O)C[C@H](O)[C@@H]1CC[C@@H](CCCCCCCCCC[C@@H](O)CC2=C[C@H](C)OC2=O)O1. The van der Waals surface area contributed by atoms with Gasteiger partial charge in [-0.3, -0.25) is 0 Å². The maximum atomic E-state index is 11.6. The normalized spacial score (nSPS) is 23.5. The van der Waals surface area contributed by atoms with Crippen molar-refractivity contribution in [3.63, 3.8) is 0 Å². The van der Waals surface area contributed by atoms with Crippen LogP contribution in [0.4, 0.5) is 0 Å². The Hall–Kier alpha value is -0.990. The molecule has 0 aromatic heterocycles. The number of ether oxygens (including phenoxy) is 2. The lowest BCUT2D eigenvalue weighted by molar-refractivity contribution is -0.139. The molecule has 42 heavy (non-hydrogen) atoms. The number of hydrogen-bond donors (Lipinski definition) is 4. The summed E-state index contributed by atoms with van der Waals surface area (Å²) < 4.78 is 11.2. The number of esters is 1. The van der Waals surface area contributed by atoms with E-state index in [0.717, 1.165) is 57.8 Å². The molecule has 2 aliphatic heterocycles. The first-order valence-electron chi connectivity index (χ1n) is 17.6. The molecule has 4 N–H and O–H groups in total. The zero-order valence-corrected chi connectivity index (χ0v) is 26.9. The molecule has 0 bridgehead atoms. The highest BCUT2D eigenvalue weighted by Crippen LogP contribution is 2.28. The van der Waals surface area contributed by atoms with E-state index in [2.05, 4.69) is 6.92 Å². The maximum absolute atomic E-state index is 11.6. The summed E-state index contributed by atoms with van der Waals surface area (Å²) in [5.41, 5.74) is 0.614. The molecule has 1 saturated heterocycles. The molecule has 2 aliphatic rings. The second kappa shape index (κ2) is 22.5. The highest BCUT2D eigenvalue weighted by molar-refractivity contribution is 5.90. The minimum atomic E-state index is -0.892. The first-order valence-corrected chi connectivity index (χ1v) is 17.6. The van der Waals surface area contributed by atoms with E-state index in [1.165, 1.54) is 70.6 Å². The molecule has 7 atom stereocenters. The molecule has 7 nitrogen and oxygen atoms in total. The Morgan fingerprint density at radius 1 is 0.762 bits per heavy atom. The summed E-state index contributed by atoms with van der Waals surface area (Å²) in [6.45, 7) is 4.06. The Kier molecular flexibility index (Phi) is 19.9. The third-order valence-corrected chi connectivity index (χ3v) is 9.11. The van der Waals surface area contributed by atoms with Crippen molar-refractivity contribution >= 4 is 5.97 Å². The van der Waals surface area contributed by atoms with Crippen LogP contribution in [0.1, 0.15) is 162 Å². The summed E-state index contributed by atoms with van der Waals surface area (Å²) in [5.74, 6) is -0.283. The summed E-state index contributed by atoms with van der Waals surface area (Å²) in [4.78, 5) is 11.6. The highest BCUT2D eigenvalue weighted by Gasteiger charge is 2.32. The lowest BCUT2D eigenvalue weighted by atomic mass is 9.97. The molecule has 246 valence electrons. The van der Waals surface area contributed by atoms with E-state index >= 15 is 0 Å². The van der Waals surface area contributed by atoms with Crippen LogP contribution in [-0.2, 0) is 14.3 Å². The van der Waals surface area contributed by atoms with Gasteiger partial charge in [-0.1, -0.05) is 110 Å². The average molecular weight is 597 g/mol. The van der Waals surface area contributed by atoms with Crippen LogP contribution in [0, 0.1) is 0 Å². The summed E-state index contributed by atoms with van der Waals surface area (Å²) in [6.07, 6.45) is 22.4. The van der Waals surface area contributed by atoms with Crippen LogP contribution in [0.15, 0.2) is 11.6 Å². The van der Waals surface area contributed by atoms with E-state index < -0.39 is 24.4 Å². The van der Waals surface area contributed by atoms with Gasteiger partial charge in [-0.2, -0.15) is 0 Å². The third-order valence-electron chi connectivity index (χ3n) is 9.11. The number of aliphatic hydroxyl groups excluding tert-OH is 4. The van der Waals surface area contributed by atoms with Crippen molar-refractivity contribution in [1.82, 2.24) is 0 Å². The van der Waals surface area contributed by atoms with Crippen LogP contribution in [0.25, 0.3) is 0 Å². The zero-order chi connectivity index (χ0) is 30.6. The molecule has 0 aromatic carbocycles. The van der Waals surface area contributed by atoms with Crippen LogP contribution in [0.2, 0.25) is 0 Å². The Morgan fingerprint density at radius 2 is 1.33 bits per heavy atom. The van der Waals surface area contributed by atoms with Gasteiger partial charge >= 0.3 is 5.97 Å². The van der Waals surface area contributed by atoms with Gasteiger partial charge in [0.25, 0.3) is 0 Å². The van der Waals surface area contributed by atoms with Crippen LogP contribution in [0.3, 0.4) is 0 Å². The van der Waals surface area contributed by atoms with Crippen molar-refractivity contribution in [2.75, 3.05) is 0 Å². The number of hydrogen-bond acceptors (Lipinski definition) is 7. The molecule has 2 heterocycles. The second-order valence-electron chi connectivity index (χ2n) is 13.1. The van der Waals surface area contributed by atoms with Crippen molar-refractivity contribution in [2.45, 2.75) is 204 Å². The van der Waals surface area contributed by atoms with Gasteiger partial charge in [-0.05, 0) is 45.1 Å². The Morgan fingerprint density at radius 3 is 1.93 bits per heavy atom. The van der Waals surface area contributed by atoms with E-state index in [4.69, 9.17) is 9.47 Å². The number of unbranched alkanes of at least 4 members (excludes halogenated alkanes) is 14. The van der Waals surface area contributed by atoms with E-state index in [0.29, 0.717) is 18.4 Å². The molecule has 2 rings (SSSR count). The molecule has 0 saturated carbocycles. The monoisotopic (exact) mass is 596 g/mol. The van der Waals surface area contributed by atoms with Crippen LogP contribution in [0.5, 0.6) is 0 Å². The highest BCUT2D eigenvalue weighted by atomic mass is 16.5. The van der Waals surface area contributed by atoms with Gasteiger partial charge in [-0.15, -0.1) is 0 Å². The molecule has 1 fully saturated rings. The lowest BCUT2D eigenvalue weighted by Crippen LogP contribution is -2.35. The third kappa shape index (κ3) is 16.2. The van der Waals surface area contributed by atoms with Gasteiger partial charge in [0.15, 0.2) is 0 Å². The molecule has 0 radical (unpaired) electrons. The topological polar surface area (TPSA) is 116 Å². The lowest BCUT2D eigenvalue weighted by Gasteiger charge is -2.24. The van der Waals surface area contributed by atoms with Crippen LogP contribution in [-0.4, -0.2) is 69.1 Å². The first kappa shape index (κ1) is 37.2. The van der Waals surface area contributed by atoms with Crippen LogP contribution >= 0.6 is 0 Å². The minimum absolute atomic E-state index is 0.171. The quantitative estimate of drug-likeness (QED) is 0.0624. The van der Waals surface area contributed by atoms with E-state index in [1.54, 1.807) is 0 Å². The van der Waals surface area contributed by atoms with Gasteiger partial charge in [0.05, 0.1) is 36.6 Å². The number of cyclic esters (lactones) is 1. The molecule has 0 aliphatic carbocycles. The predicted octanol–water partition coefficient (Wildman–Crippen LogP) is 7.06. The Balaban J connectivity index is 1.40. The number of carbonyl (C=O) groups is 1. The Bertz CT molecular complexity index is 726. The molecule has 0 amide bonds. The smallest absolute Gasteiger partial charge is 0.334 e. The van der Waals surface area contributed by atoms with Gasteiger partial charge < -0.3 is 29.9 Å². The number of aliphatic hydroxyl groups is 4. The fourth-order valence-electron chi connectivity index (χ4n) is 6.41. The number of carbonyl (C=O) groups excluding carboxylic acids is 1. The van der Waals surface area contributed by atoms with Gasteiger partial charge in [0, 0.05) is 18.4 Å². The molecule has 7 heteroatoms. The van der Waals surface area contributed by atoms with Crippen molar-refractivity contribution in [2.24, 2.45) is 0 Å². The van der Waals surface area contributed by atoms with E-state index in [9.17, 15) is 25.2 Å². The van der Waals surface area contributed by atoms with Crippen molar-refractivity contribution < 1.29 is 34.7 Å². The van der Waals surface area contributed by atoms with E-state index in [-0.39, 0.29) is 30.7 Å². The zero-order valence-electron chi connectivity index (χ0n) is 26.9. The average Bonchev–Trinajstić information content (AvgIpc) is 3.56. The van der Waals surface area contributed by atoms with Gasteiger partial charge in [0.1, 0.15) is 6.10 Å². The van der Waals surface area contributed by atoms with Crippen molar-refractivity contribution in [3.05, 3.63) is 11.6 Å². The molecular weight excluding hydrogens is 532 g/mol. The van der Waals surface area contributed by atoms with Gasteiger partial charge in [0.2, 0.25) is 0 Å². The maximum Gasteiger partial charge on any atom is 0.334 e. The predicted molar refractivity (Wildman–Crippen MR) is 168 cm³/mol. The molecular formula is C35H64O7. The molecule has 0 unspecified atom stereocenters. The van der Waals surface area contributed by atoms with Gasteiger partial charge in [-0.25, -0.2) is 4.79 Å². The fourth-order valence-corrected chi connectivity index (χ4v) is 6.41. The van der Waals surface area contributed by atoms with Crippen LogP contribution < -0.4 is 0 Å². The molecule has 0 aromatic rings. The largest absolute Gasteiger partial charge is 0.455 e. The second-order valence-corrected chi connectivity index (χ2v) is 13.1. The fraction of sp³-hybridized carbons (Fsp3) is 0.914.